The maximum atomic E-state index is 5.00. The molecule has 1 aliphatic rings. The Hall–Kier alpha value is -5.22. The van der Waals surface area contributed by atoms with Crippen molar-refractivity contribution in [2.45, 2.75) is 39.4 Å². The topological polar surface area (TPSA) is 24.3 Å². The molecular formula is C48H42N4PtSi. The molecule has 1 aliphatic heterocycles. The molecule has 0 fully saturated rings. The molecule has 2 aromatic heterocycles. The molecule has 6 aromatic carbocycles. The van der Waals surface area contributed by atoms with E-state index in [4.69, 9.17) is 4.98 Å². The summed E-state index contributed by atoms with van der Waals surface area (Å²) in [6, 6.07) is 60.2. The van der Waals surface area contributed by atoms with Crippen molar-refractivity contribution in [1.82, 2.24) is 9.55 Å². The van der Waals surface area contributed by atoms with Crippen LogP contribution in [0, 0.1) is 12.1 Å². The first kappa shape index (κ1) is 35.8. The van der Waals surface area contributed by atoms with Gasteiger partial charge in [0.2, 0.25) is 0 Å². The van der Waals surface area contributed by atoms with Crippen LogP contribution in [0.25, 0.3) is 49.9 Å². The fourth-order valence-electron chi connectivity index (χ4n) is 7.93. The van der Waals surface area contributed by atoms with Crippen LogP contribution in [0.5, 0.6) is 0 Å². The molecule has 0 saturated carbocycles. The van der Waals surface area contributed by atoms with Gasteiger partial charge in [0.05, 0.1) is 26.1 Å². The molecule has 54 heavy (non-hydrogen) atoms. The molecule has 0 radical (unpaired) electrons. The Morgan fingerprint density at radius 2 is 1.28 bits per heavy atom. The van der Waals surface area contributed by atoms with Crippen molar-refractivity contribution >= 4 is 57.3 Å². The number of benzene rings is 6. The smallest absolute Gasteiger partial charge is 0.347 e. The zero-order chi connectivity index (χ0) is 36.3. The average molecular weight is 898 g/mol. The molecule has 9 rings (SSSR count). The number of rotatable bonds is 6. The third kappa shape index (κ3) is 6.10. The molecule has 3 heterocycles. The Morgan fingerprint density at radius 1 is 0.611 bits per heavy atom. The van der Waals surface area contributed by atoms with Gasteiger partial charge in [-0.3, -0.25) is 0 Å². The maximum absolute atomic E-state index is 5.00. The Labute approximate surface area is 334 Å². The van der Waals surface area contributed by atoms with Crippen molar-refractivity contribution in [3.8, 4) is 28.1 Å². The van der Waals surface area contributed by atoms with Crippen molar-refractivity contribution in [2.24, 2.45) is 0 Å². The van der Waals surface area contributed by atoms with E-state index < -0.39 is 8.07 Å². The van der Waals surface area contributed by atoms with E-state index in [0.29, 0.717) is 0 Å². The largest absolute Gasteiger partial charge is 2.00 e. The molecule has 0 amide bonds. The first-order valence-corrected chi connectivity index (χ1v) is 21.4. The number of hydrogen-bond donors (Lipinski definition) is 0. The van der Waals surface area contributed by atoms with Crippen molar-refractivity contribution in [1.29, 1.82) is 0 Å². The fourth-order valence-corrected chi connectivity index (χ4v) is 10.1. The van der Waals surface area contributed by atoms with E-state index in [-0.39, 0.29) is 26.6 Å². The second-order valence-corrected chi connectivity index (χ2v) is 19.9. The quantitative estimate of drug-likeness (QED) is 0.123. The number of pyridine rings is 1. The standard InChI is InChI=1S/C48H42N4Si.Pt/c1-48(2,3)51-33-50(44-24-13-14-25-45(44)51)36-18-15-19-37(31-36)53(4,5)38-26-27-42-41-22-11-12-23-43(41)52(46(42)32-38)47-30-35(28-29-49-47)40-21-10-9-20-39(40)34-16-7-6-8-17-34;/h6-30H,33H2,1-5H3;/q-2;+2. The summed E-state index contributed by atoms with van der Waals surface area (Å²) in [5.41, 5.74) is 10.5. The molecule has 8 aromatic rings. The van der Waals surface area contributed by atoms with Gasteiger partial charge in [-0.1, -0.05) is 109 Å². The molecule has 4 nitrogen and oxygen atoms in total. The molecule has 0 spiro atoms. The number of nitrogens with zero attached hydrogens (tertiary/aromatic N) is 4. The Balaban J connectivity index is 0.00000413. The molecule has 0 bridgehead atoms. The van der Waals surface area contributed by atoms with Gasteiger partial charge in [-0.05, 0) is 78.7 Å². The van der Waals surface area contributed by atoms with Crippen LogP contribution < -0.4 is 20.2 Å². The van der Waals surface area contributed by atoms with Crippen LogP contribution in [-0.4, -0.2) is 29.8 Å². The number of fused-ring (bicyclic) bond motifs is 4. The van der Waals surface area contributed by atoms with Gasteiger partial charge in [0.15, 0.2) is 0 Å². The minimum Gasteiger partial charge on any atom is -0.347 e. The summed E-state index contributed by atoms with van der Waals surface area (Å²) in [6.07, 6.45) is 1.94. The summed E-state index contributed by atoms with van der Waals surface area (Å²) in [7, 11) is -2.27. The van der Waals surface area contributed by atoms with E-state index in [1.165, 1.54) is 49.2 Å². The Kier molecular flexibility index (Phi) is 9.20. The monoisotopic (exact) mass is 897 g/mol. The third-order valence-electron chi connectivity index (χ3n) is 10.9. The van der Waals surface area contributed by atoms with Crippen LogP contribution in [-0.2, 0) is 21.1 Å². The van der Waals surface area contributed by atoms with Gasteiger partial charge in [-0.2, -0.15) is 46.8 Å². The zero-order valence-corrected chi connectivity index (χ0v) is 34.5. The minimum atomic E-state index is -2.27. The van der Waals surface area contributed by atoms with Gasteiger partial charge < -0.3 is 14.4 Å². The van der Waals surface area contributed by atoms with Crippen LogP contribution in [0.1, 0.15) is 20.8 Å². The van der Waals surface area contributed by atoms with E-state index in [0.717, 1.165) is 34.8 Å². The minimum absolute atomic E-state index is 0. The van der Waals surface area contributed by atoms with Crippen LogP contribution in [0.3, 0.4) is 0 Å². The van der Waals surface area contributed by atoms with E-state index >= 15 is 0 Å². The zero-order valence-electron chi connectivity index (χ0n) is 31.2. The number of para-hydroxylation sites is 3. The summed E-state index contributed by atoms with van der Waals surface area (Å²) in [5.74, 6) is 0.883. The van der Waals surface area contributed by atoms with E-state index in [1.54, 1.807) is 0 Å². The second-order valence-electron chi connectivity index (χ2n) is 15.5. The van der Waals surface area contributed by atoms with Gasteiger partial charge in [0.25, 0.3) is 0 Å². The van der Waals surface area contributed by atoms with Crippen molar-refractivity contribution in [3.63, 3.8) is 0 Å². The van der Waals surface area contributed by atoms with Gasteiger partial charge >= 0.3 is 21.1 Å². The average Bonchev–Trinajstić information content (AvgIpc) is 3.75. The van der Waals surface area contributed by atoms with Gasteiger partial charge in [-0.25, -0.2) is 4.98 Å². The molecule has 0 aliphatic carbocycles. The Bertz CT molecular complexity index is 2640. The van der Waals surface area contributed by atoms with E-state index in [1.807, 2.05) is 6.20 Å². The first-order chi connectivity index (χ1) is 25.7. The molecule has 0 saturated heterocycles. The second kappa shape index (κ2) is 13.9. The van der Waals surface area contributed by atoms with E-state index in [9.17, 15) is 0 Å². The van der Waals surface area contributed by atoms with Crippen LogP contribution in [0.4, 0.5) is 17.1 Å². The molecule has 0 N–H and O–H groups in total. The van der Waals surface area contributed by atoms with Crippen LogP contribution in [0.2, 0.25) is 13.1 Å². The molecule has 0 unspecified atom stereocenters. The van der Waals surface area contributed by atoms with Gasteiger partial charge in [0.1, 0.15) is 5.82 Å². The number of aromatic nitrogens is 2. The van der Waals surface area contributed by atoms with Crippen molar-refractivity contribution < 1.29 is 21.1 Å². The predicted molar refractivity (Wildman–Crippen MR) is 226 cm³/mol. The van der Waals surface area contributed by atoms with Crippen LogP contribution in [0.15, 0.2) is 152 Å². The van der Waals surface area contributed by atoms with Gasteiger partial charge in [0, 0.05) is 17.3 Å². The van der Waals surface area contributed by atoms with Gasteiger partial charge in [-0.15, -0.1) is 11.5 Å². The summed E-state index contributed by atoms with van der Waals surface area (Å²) in [6.45, 7) is 12.5. The third-order valence-corrected chi connectivity index (χ3v) is 14.1. The summed E-state index contributed by atoms with van der Waals surface area (Å²) in [5, 5.41) is 4.88. The van der Waals surface area contributed by atoms with E-state index in [2.05, 4.69) is 206 Å². The molecule has 0 atom stereocenters. The number of hydrogen-bond acceptors (Lipinski definition) is 3. The summed E-state index contributed by atoms with van der Waals surface area (Å²) >= 11 is 0. The number of anilines is 3. The molecule has 6 heteroatoms. The van der Waals surface area contributed by atoms with Crippen molar-refractivity contribution in [2.75, 3.05) is 16.5 Å². The molecular weight excluding hydrogens is 856 g/mol. The summed E-state index contributed by atoms with van der Waals surface area (Å²) < 4.78 is 2.30. The molecule has 268 valence electrons. The summed E-state index contributed by atoms with van der Waals surface area (Å²) in [4.78, 5) is 9.89. The maximum Gasteiger partial charge on any atom is 2.00 e. The fraction of sp³-hybridized carbons (Fsp3) is 0.146. The first-order valence-electron chi connectivity index (χ1n) is 18.4. The van der Waals surface area contributed by atoms with Crippen molar-refractivity contribution in [3.05, 3.63) is 164 Å². The predicted octanol–water partition coefficient (Wildman–Crippen LogP) is 10.6. The normalized spacial score (nSPS) is 13.0. The van der Waals surface area contributed by atoms with Crippen LogP contribution >= 0.6 is 0 Å². The Morgan fingerprint density at radius 3 is 2.06 bits per heavy atom. The SMILES string of the molecule is CC(C)(C)N1CN(c2[c-]c([Si](C)(C)c3[c-]c4c(cc3)c3ccccc3n4-c3cc(-c4ccccc4-c4ccccc4)ccn3)ccc2)c2ccccc21.[Pt+2].